The summed E-state index contributed by atoms with van der Waals surface area (Å²) < 4.78 is 6.98. The van der Waals surface area contributed by atoms with Gasteiger partial charge in [0.05, 0.1) is 34.8 Å². The first kappa shape index (κ1) is 23.9. The fourth-order valence-corrected chi connectivity index (χ4v) is 5.14. The minimum absolute atomic E-state index is 0.0269. The number of amides is 1. The Morgan fingerprint density at radius 1 is 1.08 bits per heavy atom. The average Bonchev–Trinajstić information content (AvgIpc) is 3.61. The minimum Gasteiger partial charge on any atom is -0.455 e. The van der Waals surface area contributed by atoms with Crippen LogP contribution in [0, 0.1) is 6.92 Å². The highest BCUT2D eigenvalue weighted by Gasteiger charge is 2.40. The van der Waals surface area contributed by atoms with Gasteiger partial charge in [-0.25, -0.2) is 9.48 Å². The molecule has 0 spiro atoms. The zero-order valence-corrected chi connectivity index (χ0v) is 20.5. The number of hydrogen-bond donors (Lipinski definition) is 1. The zero-order valence-electron chi connectivity index (χ0n) is 19.7. The number of nitrogens with zero attached hydrogens (tertiary/aromatic N) is 4. The predicted molar refractivity (Wildman–Crippen MR) is 135 cm³/mol. The number of likely N-dealkylation sites (tertiary alicyclic amines) is 1. The third-order valence-corrected chi connectivity index (χ3v) is 7.24. The number of aliphatic hydroxyl groups is 1. The van der Waals surface area contributed by atoms with Crippen LogP contribution in [0.4, 0.5) is 0 Å². The van der Waals surface area contributed by atoms with E-state index in [2.05, 4.69) is 10.3 Å². The summed E-state index contributed by atoms with van der Waals surface area (Å²) in [6.07, 6.45) is 1.32. The number of β-amino-alcohol motifs (C(OH)–C–C–N with tert-alkyl or cyclic N) is 1. The van der Waals surface area contributed by atoms with Crippen LogP contribution in [-0.4, -0.2) is 49.5 Å². The fourth-order valence-electron chi connectivity index (χ4n) is 4.46. The molecule has 1 aliphatic rings. The molecule has 8 nitrogen and oxygen atoms in total. The summed E-state index contributed by atoms with van der Waals surface area (Å²) in [6, 6.07) is 19.9. The molecule has 0 aliphatic carbocycles. The van der Waals surface area contributed by atoms with E-state index in [1.54, 1.807) is 46.1 Å². The van der Waals surface area contributed by atoms with Crippen molar-refractivity contribution < 1.29 is 19.4 Å². The topological polar surface area (TPSA) is 97.6 Å². The largest absolute Gasteiger partial charge is 0.455 e. The molecule has 0 bridgehead atoms. The van der Waals surface area contributed by atoms with Crippen LogP contribution < -0.4 is 0 Å². The van der Waals surface area contributed by atoms with Gasteiger partial charge in [-0.15, -0.1) is 16.4 Å². The number of thiophene rings is 1. The number of carbonyl (C=O) groups excluding carboxylic acids is 2. The molecular formula is C27H26N4O4S. The maximum atomic E-state index is 13.3. The molecule has 0 radical (unpaired) electrons. The highest BCUT2D eigenvalue weighted by atomic mass is 32.1. The van der Waals surface area contributed by atoms with Crippen molar-refractivity contribution in [2.24, 2.45) is 0 Å². The van der Waals surface area contributed by atoms with E-state index in [-0.39, 0.29) is 25.1 Å². The highest BCUT2D eigenvalue weighted by molar-refractivity contribution is 7.12. The Morgan fingerprint density at radius 2 is 1.86 bits per heavy atom. The summed E-state index contributed by atoms with van der Waals surface area (Å²) in [5.74, 6) is -0.537. The SMILES string of the molecule is Cc1ccc([C@H]2C[C@H](n3cc(COC(=O)c4ccccc4)nn3)[C@@H](O)CN2C(=O)c2cccs2)cc1. The first-order valence-electron chi connectivity index (χ1n) is 11.7. The molecule has 1 aliphatic heterocycles. The van der Waals surface area contributed by atoms with Crippen molar-refractivity contribution in [3.8, 4) is 0 Å². The molecule has 1 amide bonds. The van der Waals surface area contributed by atoms with Crippen LogP contribution in [-0.2, 0) is 11.3 Å². The van der Waals surface area contributed by atoms with Gasteiger partial charge < -0.3 is 14.7 Å². The van der Waals surface area contributed by atoms with E-state index >= 15 is 0 Å². The van der Waals surface area contributed by atoms with E-state index in [1.807, 2.05) is 48.7 Å². The van der Waals surface area contributed by atoms with E-state index in [0.717, 1.165) is 11.1 Å². The third-order valence-electron chi connectivity index (χ3n) is 6.38. The Kier molecular flexibility index (Phi) is 6.92. The number of ether oxygens (including phenoxy) is 1. The molecule has 1 N–H and O–H groups in total. The molecule has 184 valence electrons. The molecule has 0 saturated carbocycles. The van der Waals surface area contributed by atoms with E-state index in [9.17, 15) is 14.7 Å². The third kappa shape index (κ3) is 5.07. The van der Waals surface area contributed by atoms with Gasteiger partial charge in [-0.05, 0) is 42.5 Å². The lowest BCUT2D eigenvalue weighted by atomic mass is 9.89. The number of rotatable bonds is 6. The molecule has 9 heteroatoms. The van der Waals surface area contributed by atoms with Crippen molar-refractivity contribution in [2.45, 2.75) is 38.1 Å². The lowest BCUT2D eigenvalue weighted by Gasteiger charge is -2.42. The van der Waals surface area contributed by atoms with Crippen LogP contribution in [0.15, 0.2) is 78.3 Å². The second-order valence-corrected chi connectivity index (χ2v) is 9.81. The van der Waals surface area contributed by atoms with Gasteiger partial charge in [-0.1, -0.05) is 59.3 Å². The van der Waals surface area contributed by atoms with Gasteiger partial charge in [0.15, 0.2) is 0 Å². The smallest absolute Gasteiger partial charge is 0.338 e. The van der Waals surface area contributed by atoms with Crippen LogP contribution in [0.5, 0.6) is 0 Å². The van der Waals surface area contributed by atoms with Gasteiger partial charge in [0.2, 0.25) is 0 Å². The monoisotopic (exact) mass is 502 g/mol. The summed E-state index contributed by atoms with van der Waals surface area (Å²) in [6.45, 7) is 2.16. The molecule has 1 fully saturated rings. The number of piperidine rings is 1. The number of carbonyl (C=O) groups is 2. The maximum absolute atomic E-state index is 13.3. The van der Waals surface area contributed by atoms with Gasteiger partial charge in [-0.2, -0.15) is 0 Å². The van der Waals surface area contributed by atoms with Crippen LogP contribution in [0.3, 0.4) is 0 Å². The van der Waals surface area contributed by atoms with Gasteiger partial charge >= 0.3 is 5.97 Å². The van der Waals surface area contributed by atoms with Crippen molar-refractivity contribution >= 4 is 23.2 Å². The Labute approximate surface area is 212 Å². The van der Waals surface area contributed by atoms with Crippen molar-refractivity contribution in [1.82, 2.24) is 19.9 Å². The van der Waals surface area contributed by atoms with Crippen molar-refractivity contribution in [3.63, 3.8) is 0 Å². The molecule has 5 rings (SSSR count). The molecule has 4 aromatic rings. The van der Waals surface area contributed by atoms with Crippen LogP contribution in [0.2, 0.25) is 0 Å². The Hall–Kier alpha value is -3.82. The highest BCUT2D eigenvalue weighted by Crippen LogP contribution is 2.38. The molecule has 3 atom stereocenters. The standard InChI is InChI=1S/C27H26N4O4S/c1-18-9-11-19(12-10-18)22-14-23(24(32)16-30(22)26(33)25-8-5-13-36-25)31-15-21(28-29-31)17-35-27(34)20-6-3-2-4-7-20/h2-13,15,22-24,32H,14,16-17H2,1H3/t22-,23+,24+/m1/s1. The summed E-state index contributed by atoms with van der Waals surface area (Å²) in [4.78, 5) is 27.9. The minimum atomic E-state index is -0.836. The van der Waals surface area contributed by atoms with Crippen molar-refractivity contribution in [3.05, 3.63) is 106 Å². The van der Waals surface area contributed by atoms with Crippen LogP contribution >= 0.6 is 11.3 Å². The first-order chi connectivity index (χ1) is 17.5. The Morgan fingerprint density at radius 3 is 2.58 bits per heavy atom. The predicted octanol–water partition coefficient (Wildman–Crippen LogP) is 4.19. The molecule has 1 saturated heterocycles. The van der Waals surface area contributed by atoms with Crippen molar-refractivity contribution in [1.29, 1.82) is 0 Å². The molecule has 36 heavy (non-hydrogen) atoms. The molecule has 2 aromatic carbocycles. The van der Waals surface area contributed by atoms with E-state index in [4.69, 9.17) is 4.74 Å². The number of aliphatic hydroxyl groups excluding tert-OH is 1. The average molecular weight is 503 g/mol. The zero-order chi connectivity index (χ0) is 25.1. The normalized spacial score (nSPS) is 19.7. The second kappa shape index (κ2) is 10.4. The van der Waals surface area contributed by atoms with Crippen LogP contribution in [0.1, 0.15) is 55.4 Å². The second-order valence-electron chi connectivity index (χ2n) is 8.86. The molecule has 3 heterocycles. The quantitative estimate of drug-likeness (QED) is 0.397. The molecular weight excluding hydrogens is 476 g/mol. The number of aryl methyl sites for hydroxylation is 1. The maximum Gasteiger partial charge on any atom is 0.338 e. The number of aromatic nitrogens is 3. The van der Waals surface area contributed by atoms with Gasteiger partial charge in [0, 0.05) is 6.54 Å². The van der Waals surface area contributed by atoms with E-state index in [0.29, 0.717) is 22.6 Å². The Balaban J connectivity index is 1.34. The molecule has 2 aromatic heterocycles. The summed E-state index contributed by atoms with van der Waals surface area (Å²) >= 11 is 1.39. The van der Waals surface area contributed by atoms with Gasteiger partial charge in [0.25, 0.3) is 5.91 Å². The molecule has 0 unspecified atom stereocenters. The number of esters is 1. The summed E-state index contributed by atoms with van der Waals surface area (Å²) in [7, 11) is 0. The summed E-state index contributed by atoms with van der Waals surface area (Å²) in [5, 5.41) is 21.3. The lowest BCUT2D eigenvalue weighted by Crippen LogP contribution is -2.49. The number of benzene rings is 2. The lowest BCUT2D eigenvalue weighted by molar-refractivity contribution is -0.00385. The fraction of sp³-hybridized carbons (Fsp3) is 0.259. The summed E-state index contributed by atoms with van der Waals surface area (Å²) in [5.41, 5.74) is 3.08. The van der Waals surface area contributed by atoms with E-state index < -0.39 is 18.1 Å². The van der Waals surface area contributed by atoms with Gasteiger partial charge in [-0.3, -0.25) is 4.79 Å². The van der Waals surface area contributed by atoms with Gasteiger partial charge in [0.1, 0.15) is 12.3 Å². The first-order valence-corrected chi connectivity index (χ1v) is 12.6. The number of hydrogen-bond acceptors (Lipinski definition) is 7. The van der Waals surface area contributed by atoms with Crippen molar-refractivity contribution in [2.75, 3.05) is 6.54 Å². The Bertz CT molecular complexity index is 1320. The van der Waals surface area contributed by atoms with Crippen LogP contribution in [0.25, 0.3) is 0 Å². The van der Waals surface area contributed by atoms with E-state index in [1.165, 1.54) is 11.3 Å².